The van der Waals surface area contributed by atoms with Gasteiger partial charge in [0.2, 0.25) is 0 Å². The summed E-state index contributed by atoms with van der Waals surface area (Å²) in [4.78, 5) is 0. The fourth-order valence-corrected chi connectivity index (χ4v) is 0.878. The first-order valence-electron chi connectivity index (χ1n) is 4.61. The average Bonchev–Trinajstić information content (AvgIpc) is 1.96. The highest BCUT2D eigenvalue weighted by Crippen LogP contribution is 1.91. The standard InChI is InChI=1S/C10H21N/c1-4-5-6-8-11-9-7-10(2)3/h7,11H,4-6,8-9H2,1-3H3. The summed E-state index contributed by atoms with van der Waals surface area (Å²) < 4.78 is 0. The minimum atomic E-state index is 1.03. The molecule has 0 saturated carbocycles. The first-order chi connectivity index (χ1) is 5.27. The van der Waals surface area contributed by atoms with Crippen LogP contribution in [-0.4, -0.2) is 13.1 Å². The van der Waals surface area contributed by atoms with Crippen molar-refractivity contribution in [3.05, 3.63) is 11.6 Å². The van der Waals surface area contributed by atoms with Gasteiger partial charge in [0, 0.05) is 6.54 Å². The second-order valence-corrected chi connectivity index (χ2v) is 3.19. The van der Waals surface area contributed by atoms with Crippen molar-refractivity contribution in [1.82, 2.24) is 5.32 Å². The van der Waals surface area contributed by atoms with Gasteiger partial charge >= 0.3 is 0 Å². The smallest absolute Gasteiger partial charge is 0.0137 e. The summed E-state index contributed by atoms with van der Waals surface area (Å²) in [6.07, 6.45) is 6.20. The SMILES string of the molecule is CCCCCNCC=C(C)C. The number of hydrogen-bond acceptors (Lipinski definition) is 1. The van der Waals surface area contributed by atoms with E-state index in [1.54, 1.807) is 0 Å². The second kappa shape index (κ2) is 7.80. The van der Waals surface area contributed by atoms with E-state index in [1.165, 1.54) is 24.8 Å². The predicted octanol–water partition coefficient (Wildman–Crippen LogP) is 2.73. The van der Waals surface area contributed by atoms with Crippen molar-refractivity contribution in [3.63, 3.8) is 0 Å². The molecule has 11 heavy (non-hydrogen) atoms. The van der Waals surface area contributed by atoms with E-state index in [0.717, 1.165) is 13.1 Å². The van der Waals surface area contributed by atoms with Crippen molar-refractivity contribution >= 4 is 0 Å². The summed E-state index contributed by atoms with van der Waals surface area (Å²) in [7, 11) is 0. The van der Waals surface area contributed by atoms with Gasteiger partial charge in [-0.3, -0.25) is 0 Å². The van der Waals surface area contributed by atoms with Gasteiger partial charge in [0.15, 0.2) is 0 Å². The second-order valence-electron chi connectivity index (χ2n) is 3.19. The van der Waals surface area contributed by atoms with Crippen molar-refractivity contribution in [2.45, 2.75) is 40.0 Å². The summed E-state index contributed by atoms with van der Waals surface area (Å²) in [5.74, 6) is 0. The zero-order valence-corrected chi connectivity index (χ0v) is 8.11. The number of rotatable bonds is 6. The fraction of sp³-hybridized carbons (Fsp3) is 0.800. The van der Waals surface area contributed by atoms with Crippen LogP contribution in [-0.2, 0) is 0 Å². The summed E-state index contributed by atoms with van der Waals surface area (Å²) in [5.41, 5.74) is 1.40. The van der Waals surface area contributed by atoms with Gasteiger partial charge in [0.05, 0.1) is 0 Å². The molecule has 0 atom stereocenters. The summed E-state index contributed by atoms with van der Waals surface area (Å²) in [5, 5.41) is 3.38. The maximum absolute atomic E-state index is 3.38. The largest absolute Gasteiger partial charge is 0.313 e. The van der Waals surface area contributed by atoms with Crippen molar-refractivity contribution < 1.29 is 0 Å². The Hall–Kier alpha value is -0.300. The van der Waals surface area contributed by atoms with E-state index < -0.39 is 0 Å². The van der Waals surface area contributed by atoms with E-state index in [4.69, 9.17) is 0 Å². The lowest BCUT2D eigenvalue weighted by Crippen LogP contribution is -2.14. The van der Waals surface area contributed by atoms with Crippen molar-refractivity contribution in [2.75, 3.05) is 13.1 Å². The molecule has 0 fully saturated rings. The monoisotopic (exact) mass is 155 g/mol. The van der Waals surface area contributed by atoms with Crippen LogP contribution in [0.4, 0.5) is 0 Å². The highest BCUT2D eigenvalue weighted by molar-refractivity contribution is 4.94. The first kappa shape index (κ1) is 10.7. The van der Waals surface area contributed by atoms with Gasteiger partial charge in [-0.25, -0.2) is 0 Å². The minimum absolute atomic E-state index is 1.03. The Morgan fingerprint density at radius 2 is 2.00 bits per heavy atom. The van der Waals surface area contributed by atoms with E-state index in [1.807, 2.05) is 0 Å². The Labute approximate surface area is 70.9 Å². The van der Waals surface area contributed by atoms with E-state index in [9.17, 15) is 0 Å². The Morgan fingerprint density at radius 1 is 1.27 bits per heavy atom. The van der Waals surface area contributed by atoms with Crippen LogP contribution in [0.5, 0.6) is 0 Å². The quantitative estimate of drug-likeness (QED) is 0.459. The summed E-state index contributed by atoms with van der Waals surface area (Å²) in [6, 6.07) is 0. The van der Waals surface area contributed by atoms with Crippen LogP contribution in [0.25, 0.3) is 0 Å². The zero-order chi connectivity index (χ0) is 8.53. The number of nitrogens with one attached hydrogen (secondary N) is 1. The molecule has 0 aromatic carbocycles. The Bertz CT molecular complexity index is 101. The van der Waals surface area contributed by atoms with Crippen molar-refractivity contribution in [3.8, 4) is 0 Å². The van der Waals surface area contributed by atoms with Gasteiger partial charge in [-0.1, -0.05) is 31.4 Å². The van der Waals surface area contributed by atoms with Gasteiger partial charge in [-0.05, 0) is 26.8 Å². The maximum atomic E-state index is 3.38. The molecule has 0 aromatic rings. The molecule has 0 amide bonds. The van der Waals surface area contributed by atoms with Crippen LogP contribution >= 0.6 is 0 Å². The molecule has 1 nitrogen and oxygen atoms in total. The molecule has 0 aliphatic heterocycles. The fourth-order valence-electron chi connectivity index (χ4n) is 0.878. The van der Waals surface area contributed by atoms with Crippen LogP contribution in [0, 0.1) is 0 Å². The number of unbranched alkanes of at least 4 members (excludes halogenated alkanes) is 2. The Balaban J connectivity index is 2.97. The Morgan fingerprint density at radius 3 is 2.55 bits per heavy atom. The van der Waals surface area contributed by atoms with Crippen LogP contribution in [0.3, 0.4) is 0 Å². The third-order valence-electron chi connectivity index (χ3n) is 1.61. The molecule has 0 aromatic heterocycles. The predicted molar refractivity (Wildman–Crippen MR) is 51.8 cm³/mol. The van der Waals surface area contributed by atoms with E-state index >= 15 is 0 Å². The van der Waals surface area contributed by atoms with Gasteiger partial charge in [-0.15, -0.1) is 0 Å². The average molecular weight is 155 g/mol. The van der Waals surface area contributed by atoms with Gasteiger partial charge in [0.1, 0.15) is 0 Å². The topological polar surface area (TPSA) is 12.0 Å². The van der Waals surface area contributed by atoms with E-state index in [-0.39, 0.29) is 0 Å². The molecule has 66 valence electrons. The molecule has 0 aliphatic rings. The Kier molecular flexibility index (Phi) is 7.59. The molecule has 1 N–H and O–H groups in total. The molecule has 0 aliphatic carbocycles. The molecular formula is C10H21N. The number of hydrogen-bond donors (Lipinski definition) is 1. The molecule has 0 rings (SSSR count). The van der Waals surface area contributed by atoms with Crippen LogP contribution in [0.2, 0.25) is 0 Å². The highest BCUT2D eigenvalue weighted by Gasteiger charge is 1.84. The minimum Gasteiger partial charge on any atom is -0.313 e. The van der Waals surface area contributed by atoms with E-state index in [0.29, 0.717) is 0 Å². The van der Waals surface area contributed by atoms with Crippen LogP contribution < -0.4 is 5.32 Å². The molecule has 0 unspecified atom stereocenters. The van der Waals surface area contributed by atoms with Gasteiger partial charge in [0.25, 0.3) is 0 Å². The molecule has 0 bridgehead atoms. The lowest BCUT2D eigenvalue weighted by molar-refractivity contribution is 0.646. The normalized spacial score (nSPS) is 9.73. The van der Waals surface area contributed by atoms with Gasteiger partial charge in [-0.2, -0.15) is 0 Å². The van der Waals surface area contributed by atoms with Crippen LogP contribution in [0.15, 0.2) is 11.6 Å². The van der Waals surface area contributed by atoms with Crippen molar-refractivity contribution in [2.24, 2.45) is 0 Å². The third kappa shape index (κ3) is 9.70. The van der Waals surface area contributed by atoms with Crippen LogP contribution in [0.1, 0.15) is 40.0 Å². The first-order valence-corrected chi connectivity index (χ1v) is 4.61. The third-order valence-corrected chi connectivity index (χ3v) is 1.61. The molecule has 1 heteroatoms. The molecular weight excluding hydrogens is 134 g/mol. The van der Waals surface area contributed by atoms with Gasteiger partial charge < -0.3 is 5.32 Å². The highest BCUT2D eigenvalue weighted by atomic mass is 14.8. The van der Waals surface area contributed by atoms with Crippen molar-refractivity contribution in [1.29, 1.82) is 0 Å². The zero-order valence-electron chi connectivity index (χ0n) is 8.11. The summed E-state index contributed by atoms with van der Waals surface area (Å²) in [6.45, 7) is 8.70. The lowest BCUT2D eigenvalue weighted by Gasteiger charge is -1.99. The molecule has 0 radical (unpaired) electrons. The summed E-state index contributed by atoms with van der Waals surface area (Å²) >= 11 is 0. The molecule has 0 saturated heterocycles. The lowest BCUT2D eigenvalue weighted by atomic mass is 10.2. The number of allylic oxidation sites excluding steroid dienone is 1. The van der Waals surface area contributed by atoms with E-state index in [2.05, 4.69) is 32.2 Å². The molecule has 0 heterocycles. The maximum Gasteiger partial charge on any atom is 0.0137 e. The molecule has 0 spiro atoms.